The van der Waals surface area contributed by atoms with Crippen molar-refractivity contribution in [1.29, 1.82) is 0 Å². The van der Waals surface area contributed by atoms with Gasteiger partial charge in [0.2, 0.25) is 0 Å². The lowest BCUT2D eigenvalue weighted by atomic mass is 9.68. The van der Waals surface area contributed by atoms with Gasteiger partial charge in [0.25, 0.3) is 0 Å². The van der Waals surface area contributed by atoms with Crippen molar-refractivity contribution in [2.45, 2.75) is 164 Å². The molecule has 7 rings (SSSR count). The summed E-state index contributed by atoms with van der Waals surface area (Å²) in [5, 5.41) is 2.27. The fraction of sp³-hybridized carbons (Fsp3) is 0.493. The normalized spacial score (nSPS) is 15.5. The molecular formula is C67H89NO4S. The molecule has 0 bridgehead atoms. The Morgan fingerprint density at radius 2 is 0.740 bits per heavy atom. The third-order valence-corrected chi connectivity index (χ3v) is 16.8. The molecule has 6 heteroatoms. The minimum atomic E-state index is -0.597. The molecule has 0 amide bonds. The van der Waals surface area contributed by atoms with Gasteiger partial charge in [-0.15, -0.1) is 11.3 Å². The Bertz CT molecular complexity index is 2370. The standard InChI is InChI=1S/C67H89NO4S/c1-9-17-21-50(13-5)46-69-59-34-25-54(26-35-59)67(55-27-36-60(37-28-55)70-47-51(14-6)22-18-10-2)64-43-44-73-66(64)63-42-33-58(45-65(63)67)68(56-29-38-61(39-30-56)71-48-52(15-7)23-19-11-3)57-31-40-62(41-32-57)72-49-53(16-8)24-20-12-4/h25-45,50-53H,9-24,46-49H2,1-8H3. The van der Waals surface area contributed by atoms with E-state index in [0.29, 0.717) is 23.7 Å². The number of rotatable bonds is 33. The van der Waals surface area contributed by atoms with Crippen molar-refractivity contribution < 1.29 is 18.9 Å². The number of thiophene rings is 1. The monoisotopic (exact) mass is 1000 g/mol. The van der Waals surface area contributed by atoms with E-state index in [4.69, 9.17) is 18.9 Å². The predicted molar refractivity (Wildman–Crippen MR) is 312 cm³/mol. The molecule has 392 valence electrons. The third-order valence-electron chi connectivity index (χ3n) is 15.9. The highest BCUT2D eigenvalue weighted by Gasteiger charge is 2.47. The molecule has 4 unspecified atom stereocenters. The van der Waals surface area contributed by atoms with E-state index in [1.807, 2.05) is 11.3 Å². The van der Waals surface area contributed by atoms with E-state index >= 15 is 0 Å². The second-order valence-electron chi connectivity index (χ2n) is 20.9. The summed E-state index contributed by atoms with van der Waals surface area (Å²) in [6, 6.07) is 45.1. The van der Waals surface area contributed by atoms with Crippen LogP contribution in [0.5, 0.6) is 23.0 Å². The highest BCUT2D eigenvalue weighted by atomic mass is 32.1. The third kappa shape index (κ3) is 13.9. The van der Waals surface area contributed by atoms with Crippen molar-refractivity contribution in [3.8, 4) is 33.4 Å². The average Bonchev–Trinajstić information content (AvgIpc) is 4.05. The molecule has 0 radical (unpaired) electrons. The summed E-state index contributed by atoms with van der Waals surface area (Å²) in [5.41, 5.74) is 8.92. The Morgan fingerprint density at radius 1 is 0.397 bits per heavy atom. The van der Waals surface area contributed by atoms with Crippen LogP contribution in [0.4, 0.5) is 17.1 Å². The van der Waals surface area contributed by atoms with Gasteiger partial charge in [-0.05, 0) is 174 Å². The second kappa shape index (κ2) is 28.5. The van der Waals surface area contributed by atoms with Gasteiger partial charge in [-0.2, -0.15) is 0 Å². The van der Waals surface area contributed by atoms with Crippen LogP contribution in [0.15, 0.2) is 127 Å². The summed E-state index contributed by atoms with van der Waals surface area (Å²) in [5.74, 6) is 5.90. The zero-order chi connectivity index (χ0) is 51.4. The Labute approximate surface area is 446 Å². The van der Waals surface area contributed by atoms with E-state index in [1.54, 1.807) is 0 Å². The lowest BCUT2D eigenvalue weighted by Gasteiger charge is -2.34. The lowest BCUT2D eigenvalue weighted by Crippen LogP contribution is -2.28. The van der Waals surface area contributed by atoms with Gasteiger partial charge in [0.1, 0.15) is 23.0 Å². The van der Waals surface area contributed by atoms with Gasteiger partial charge in [0.05, 0.1) is 31.8 Å². The maximum Gasteiger partial charge on any atom is 0.119 e. The molecule has 4 atom stereocenters. The molecule has 1 aliphatic carbocycles. The molecule has 0 saturated carbocycles. The Morgan fingerprint density at radius 3 is 1.08 bits per heavy atom. The number of hydrogen-bond donors (Lipinski definition) is 0. The van der Waals surface area contributed by atoms with Gasteiger partial charge >= 0.3 is 0 Å². The number of unbranched alkanes of at least 4 members (excludes halogenated alkanes) is 4. The van der Waals surface area contributed by atoms with Crippen LogP contribution in [0.3, 0.4) is 0 Å². The number of anilines is 3. The van der Waals surface area contributed by atoms with Crippen molar-refractivity contribution in [1.82, 2.24) is 0 Å². The number of benzene rings is 5. The van der Waals surface area contributed by atoms with E-state index in [2.05, 4.69) is 187 Å². The maximum absolute atomic E-state index is 6.55. The highest BCUT2D eigenvalue weighted by Crippen LogP contribution is 2.59. The van der Waals surface area contributed by atoms with E-state index in [9.17, 15) is 0 Å². The molecule has 0 saturated heterocycles. The van der Waals surface area contributed by atoms with E-state index in [1.165, 1.54) is 110 Å². The van der Waals surface area contributed by atoms with Crippen molar-refractivity contribution in [3.05, 3.63) is 149 Å². The highest BCUT2D eigenvalue weighted by molar-refractivity contribution is 7.14. The number of fused-ring (bicyclic) bond motifs is 3. The molecular weight excluding hydrogens is 915 g/mol. The average molecular weight is 1000 g/mol. The summed E-state index contributed by atoms with van der Waals surface area (Å²) in [6.45, 7) is 21.2. The Kier molecular flexibility index (Phi) is 21.7. The maximum atomic E-state index is 6.55. The van der Waals surface area contributed by atoms with Crippen LogP contribution >= 0.6 is 11.3 Å². The minimum Gasteiger partial charge on any atom is -0.493 e. The molecule has 6 aromatic rings. The quantitative estimate of drug-likeness (QED) is 0.0410. The van der Waals surface area contributed by atoms with E-state index < -0.39 is 5.41 Å². The van der Waals surface area contributed by atoms with Crippen LogP contribution in [-0.4, -0.2) is 26.4 Å². The van der Waals surface area contributed by atoms with Gasteiger partial charge in [0, 0.05) is 21.9 Å². The molecule has 5 aromatic carbocycles. The van der Waals surface area contributed by atoms with Gasteiger partial charge < -0.3 is 23.8 Å². The van der Waals surface area contributed by atoms with E-state index in [-0.39, 0.29) is 0 Å². The first-order chi connectivity index (χ1) is 35.8. The van der Waals surface area contributed by atoms with Gasteiger partial charge in [0.15, 0.2) is 0 Å². The van der Waals surface area contributed by atoms with Crippen LogP contribution in [0.25, 0.3) is 10.4 Å². The van der Waals surface area contributed by atoms with Gasteiger partial charge in [-0.25, -0.2) is 0 Å². The minimum absolute atomic E-state index is 0.558. The fourth-order valence-corrected chi connectivity index (χ4v) is 11.8. The van der Waals surface area contributed by atoms with Crippen molar-refractivity contribution in [3.63, 3.8) is 0 Å². The van der Waals surface area contributed by atoms with Crippen molar-refractivity contribution in [2.75, 3.05) is 31.3 Å². The zero-order valence-corrected chi connectivity index (χ0v) is 46.9. The molecule has 0 N–H and O–H groups in total. The summed E-state index contributed by atoms with van der Waals surface area (Å²) in [6.07, 6.45) is 19.1. The first-order valence-electron chi connectivity index (χ1n) is 28.8. The van der Waals surface area contributed by atoms with Gasteiger partial charge in [-0.1, -0.05) is 163 Å². The molecule has 1 heterocycles. The predicted octanol–water partition coefficient (Wildman–Crippen LogP) is 20.0. The molecule has 73 heavy (non-hydrogen) atoms. The van der Waals surface area contributed by atoms with Crippen molar-refractivity contribution >= 4 is 28.4 Å². The topological polar surface area (TPSA) is 40.2 Å². The second-order valence-corrected chi connectivity index (χ2v) is 21.8. The summed E-state index contributed by atoms with van der Waals surface area (Å²) < 4.78 is 26.1. The fourth-order valence-electron chi connectivity index (χ4n) is 10.8. The molecule has 1 aromatic heterocycles. The smallest absolute Gasteiger partial charge is 0.119 e. The van der Waals surface area contributed by atoms with Crippen LogP contribution in [0, 0.1) is 23.7 Å². The lowest BCUT2D eigenvalue weighted by molar-refractivity contribution is 0.233. The summed E-state index contributed by atoms with van der Waals surface area (Å²) in [7, 11) is 0. The van der Waals surface area contributed by atoms with Gasteiger partial charge in [-0.3, -0.25) is 0 Å². The number of nitrogens with zero attached hydrogens (tertiary/aromatic N) is 1. The van der Waals surface area contributed by atoms with E-state index in [0.717, 1.165) is 92.2 Å². The zero-order valence-electron chi connectivity index (χ0n) is 46.1. The van der Waals surface area contributed by atoms with Crippen LogP contribution in [-0.2, 0) is 5.41 Å². The van der Waals surface area contributed by atoms with Crippen LogP contribution in [0.1, 0.15) is 180 Å². The first-order valence-corrected chi connectivity index (χ1v) is 29.7. The number of hydrogen-bond acceptors (Lipinski definition) is 6. The molecule has 5 nitrogen and oxygen atoms in total. The molecule has 0 aliphatic heterocycles. The molecule has 1 aliphatic rings. The first kappa shape index (κ1) is 55.5. The van der Waals surface area contributed by atoms with Crippen LogP contribution < -0.4 is 23.8 Å². The largest absolute Gasteiger partial charge is 0.493 e. The SMILES string of the molecule is CCCCC(CC)COc1ccc(N(c2ccc(OCC(CC)CCCC)cc2)c2ccc3c(c2)C(c2ccc(OCC(CC)CCCC)cc2)(c2ccc(OCC(CC)CCCC)cc2)c2ccsc2-3)cc1. The summed E-state index contributed by atoms with van der Waals surface area (Å²) >= 11 is 1.84. The van der Waals surface area contributed by atoms with Crippen LogP contribution in [0.2, 0.25) is 0 Å². The van der Waals surface area contributed by atoms with Crippen molar-refractivity contribution in [2.24, 2.45) is 23.7 Å². The Balaban J connectivity index is 1.31. The molecule has 0 fully saturated rings. The molecule has 0 spiro atoms. The Hall–Kier alpha value is -5.20. The summed E-state index contributed by atoms with van der Waals surface area (Å²) in [4.78, 5) is 3.71. The number of ether oxygens (including phenoxy) is 4.